The molecule has 0 atom stereocenters. The zero-order valence-corrected chi connectivity index (χ0v) is 22.9. The molecule has 2 heteroatoms. The molecule has 0 aliphatic carbocycles. The Morgan fingerprint density at radius 3 is 1.67 bits per heavy atom. The van der Waals surface area contributed by atoms with Crippen molar-refractivity contribution in [2.24, 2.45) is 0 Å². The van der Waals surface area contributed by atoms with E-state index in [9.17, 15) is 0 Å². The van der Waals surface area contributed by atoms with Gasteiger partial charge in [0.05, 0.1) is 0 Å². The maximum absolute atomic E-state index is 6.72. The second kappa shape index (κ2) is 10.1. The zero-order chi connectivity index (χ0) is 27.9. The van der Waals surface area contributed by atoms with Crippen molar-refractivity contribution < 1.29 is 4.74 Å². The van der Waals surface area contributed by atoms with Gasteiger partial charge in [0.15, 0.2) is 0 Å². The van der Waals surface area contributed by atoms with Gasteiger partial charge in [-0.2, -0.15) is 0 Å². The van der Waals surface area contributed by atoms with Gasteiger partial charge in [0.2, 0.25) is 0 Å². The Bertz CT molecular complexity index is 2030. The molecule has 0 aromatic heterocycles. The van der Waals surface area contributed by atoms with Crippen LogP contribution in [0, 0.1) is 0 Å². The Morgan fingerprint density at radius 1 is 0.357 bits per heavy atom. The summed E-state index contributed by atoms with van der Waals surface area (Å²) in [5.41, 5.74) is 10.3. The van der Waals surface area contributed by atoms with Crippen LogP contribution in [0.2, 0.25) is 0 Å². The van der Waals surface area contributed by atoms with E-state index in [1.807, 2.05) is 0 Å². The Balaban J connectivity index is 1.24. The first-order valence-corrected chi connectivity index (χ1v) is 14.3. The number of anilines is 3. The fraction of sp³-hybridized carbons (Fsp3) is 0. The highest BCUT2D eigenvalue weighted by Crippen LogP contribution is 2.50. The van der Waals surface area contributed by atoms with E-state index in [1.54, 1.807) is 0 Å². The van der Waals surface area contributed by atoms with E-state index in [2.05, 4.69) is 169 Å². The average Bonchev–Trinajstić information content (AvgIpc) is 3.06. The van der Waals surface area contributed by atoms with Crippen LogP contribution in [0.3, 0.4) is 0 Å². The normalized spacial score (nSPS) is 11.5. The molecule has 0 saturated heterocycles. The maximum Gasteiger partial charge on any atom is 0.137 e. The summed E-state index contributed by atoms with van der Waals surface area (Å²) in [6.07, 6.45) is 0. The van der Waals surface area contributed by atoms with Crippen LogP contribution in [0.4, 0.5) is 17.1 Å². The lowest BCUT2D eigenvalue weighted by Gasteiger charge is -2.28. The highest BCUT2D eigenvalue weighted by Gasteiger charge is 2.23. The standard InChI is InChI=1S/C40H27NO/c1-4-11-28(12-5-1)30-19-21-34(22-20-30)41(33-16-8-3-9-17-33)35-23-24-36-37-18-10-15-31-25-32(29-13-6-2-7-14-29)26-39(40(31)37)42-38(36)27-35/h1-27H. The summed E-state index contributed by atoms with van der Waals surface area (Å²) >= 11 is 0. The number of hydrogen-bond donors (Lipinski definition) is 0. The number of rotatable bonds is 5. The maximum atomic E-state index is 6.72. The third-order valence-corrected chi connectivity index (χ3v) is 8.03. The Labute approximate surface area is 245 Å². The van der Waals surface area contributed by atoms with Crippen LogP contribution in [0.1, 0.15) is 0 Å². The van der Waals surface area contributed by atoms with Gasteiger partial charge in [0.1, 0.15) is 11.5 Å². The molecule has 7 aromatic carbocycles. The summed E-state index contributed by atoms with van der Waals surface area (Å²) in [6.45, 7) is 0. The van der Waals surface area contributed by atoms with Crippen LogP contribution in [0.15, 0.2) is 164 Å². The summed E-state index contributed by atoms with van der Waals surface area (Å²) in [5.74, 6) is 1.75. The molecule has 2 nitrogen and oxygen atoms in total. The summed E-state index contributed by atoms with van der Waals surface area (Å²) in [5, 5.41) is 2.34. The number of fused-ring (bicyclic) bond motifs is 2. The van der Waals surface area contributed by atoms with Crippen molar-refractivity contribution >= 4 is 27.8 Å². The molecule has 0 amide bonds. The first kappa shape index (κ1) is 24.2. The lowest BCUT2D eigenvalue weighted by atomic mass is 9.92. The molecule has 198 valence electrons. The molecule has 1 aliphatic rings. The molecule has 0 saturated carbocycles. The molecule has 7 aromatic rings. The third kappa shape index (κ3) is 4.22. The van der Waals surface area contributed by atoms with E-state index >= 15 is 0 Å². The lowest BCUT2D eigenvalue weighted by molar-refractivity contribution is 0.487. The average molecular weight is 538 g/mol. The van der Waals surface area contributed by atoms with Crippen molar-refractivity contribution in [1.82, 2.24) is 0 Å². The molecular weight excluding hydrogens is 510 g/mol. The van der Waals surface area contributed by atoms with Crippen molar-refractivity contribution in [3.8, 4) is 44.9 Å². The number of hydrogen-bond acceptors (Lipinski definition) is 2. The Hall–Kier alpha value is -5.60. The Morgan fingerprint density at radius 2 is 0.952 bits per heavy atom. The Kier molecular flexibility index (Phi) is 5.82. The predicted octanol–water partition coefficient (Wildman–Crippen LogP) is 11.4. The first-order chi connectivity index (χ1) is 20.8. The monoisotopic (exact) mass is 537 g/mol. The van der Waals surface area contributed by atoms with Gasteiger partial charge in [-0.15, -0.1) is 0 Å². The largest absolute Gasteiger partial charge is 0.456 e. The highest BCUT2D eigenvalue weighted by molar-refractivity contribution is 6.06. The van der Waals surface area contributed by atoms with Crippen molar-refractivity contribution in [2.45, 2.75) is 0 Å². The first-order valence-electron chi connectivity index (χ1n) is 14.3. The van der Waals surface area contributed by atoms with Crippen molar-refractivity contribution in [1.29, 1.82) is 0 Å². The van der Waals surface area contributed by atoms with E-state index < -0.39 is 0 Å². The molecule has 42 heavy (non-hydrogen) atoms. The lowest BCUT2D eigenvalue weighted by Crippen LogP contribution is -2.10. The van der Waals surface area contributed by atoms with Crippen LogP contribution in [-0.2, 0) is 0 Å². The molecule has 1 heterocycles. The van der Waals surface area contributed by atoms with Crippen LogP contribution in [0.5, 0.6) is 11.5 Å². The SMILES string of the molecule is c1ccc(-c2ccc(N(c3ccccc3)c3ccc4c(c3)Oc3cc(-c5ccccc5)cc5cccc-4c35)cc2)cc1. The van der Waals surface area contributed by atoms with Crippen LogP contribution >= 0.6 is 0 Å². The minimum atomic E-state index is 0.861. The molecule has 0 fully saturated rings. The summed E-state index contributed by atoms with van der Waals surface area (Å²) in [6, 6.07) is 57.8. The number of nitrogens with zero attached hydrogens (tertiary/aromatic N) is 1. The topological polar surface area (TPSA) is 12.5 Å². The highest BCUT2D eigenvalue weighted by atomic mass is 16.5. The van der Waals surface area contributed by atoms with Crippen molar-refractivity contribution in [2.75, 3.05) is 4.90 Å². The molecule has 0 unspecified atom stereocenters. The van der Waals surface area contributed by atoms with Gasteiger partial charge in [0.25, 0.3) is 0 Å². The van der Waals surface area contributed by atoms with Gasteiger partial charge < -0.3 is 9.64 Å². The van der Waals surface area contributed by atoms with Gasteiger partial charge in [-0.25, -0.2) is 0 Å². The predicted molar refractivity (Wildman–Crippen MR) is 175 cm³/mol. The van der Waals surface area contributed by atoms with Gasteiger partial charge in [-0.05, 0) is 81.7 Å². The molecule has 0 radical (unpaired) electrons. The fourth-order valence-electron chi connectivity index (χ4n) is 6.02. The van der Waals surface area contributed by atoms with Crippen LogP contribution < -0.4 is 9.64 Å². The van der Waals surface area contributed by atoms with Gasteiger partial charge in [0, 0.05) is 34.1 Å². The van der Waals surface area contributed by atoms with E-state index in [0.717, 1.165) is 45.1 Å². The second-order valence-electron chi connectivity index (χ2n) is 10.6. The molecule has 0 bridgehead atoms. The smallest absolute Gasteiger partial charge is 0.137 e. The van der Waals surface area contributed by atoms with Crippen molar-refractivity contribution in [3.05, 3.63) is 164 Å². The third-order valence-electron chi connectivity index (χ3n) is 8.03. The van der Waals surface area contributed by atoms with Gasteiger partial charge in [-0.3, -0.25) is 0 Å². The van der Waals surface area contributed by atoms with Crippen molar-refractivity contribution in [3.63, 3.8) is 0 Å². The second-order valence-corrected chi connectivity index (χ2v) is 10.6. The minimum Gasteiger partial charge on any atom is -0.456 e. The van der Waals surface area contributed by atoms with E-state index in [1.165, 1.54) is 27.6 Å². The summed E-state index contributed by atoms with van der Waals surface area (Å²) in [7, 11) is 0. The number of para-hydroxylation sites is 1. The number of benzene rings is 7. The number of ether oxygens (including phenoxy) is 1. The minimum absolute atomic E-state index is 0.861. The molecule has 0 spiro atoms. The quantitative estimate of drug-likeness (QED) is 0.216. The van der Waals surface area contributed by atoms with Gasteiger partial charge >= 0.3 is 0 Å². The van der Waals surface area contributed by atoms with E-state index in [4.69, 9.17) is 4.74 Å². The fourth-order valence-corrected chi connectivity index (χ4v) is 6.02. The van der Waals surface area contributed by atoms with E-state index in [-0.39, 0.29) is 0 Å². The van der Waals surface area contributed by atoms with Crippen LogP contribution in [-0.4, -0.2) is 0 Å². The molecular formula is C40H27NO. The molecule has 1 aliphatic heterocycles. The molecule has 8 rings (SSSR count). The summed E-state index contributed by atoms with van der Waals surface area (Å²) in [4.78, 5) is 2.29. The summed E-state index contributed by atoms with van der Waals surface area (Å²) < 4.78 is 6.72. The zero-order valence-electron chi connectivity index (χ0n) is 22.9. The van der Waals surface area contributed by atoms with E-state index in [0.29, 0.717) is 0 Å². The molecule has 0 N–H and O–H groups in total. The van der Waals surface area contributed by atoms with Crippen LogP contribution in [0.25, 0.3) is 44.2 Å². The van der Waals surface area contributed by atoms with Gasteiger partial charge in [-0.1, -0.05) is 109 Å².